The Balaban J connectivity index is 2.33. The van der Waals surface area contributed by atoms with E-state index >= 15 is 0 Å². The Morgan fingerprint density at radius 3 is 2.88 bits per heavy atom. The molecule has 0 bridgehead atoms. The molecule has 0 aromatic heterocycles. The van der Waals surface area contributed by atoms with Gasteiger partial charge in [0.1, 0.15) is 5.75 Å². The second-order valence-electron chi connectivity index (χ2n) is 3.95. The molecule has 0 spiro atoms. The van der Waals surface area contributed by atoms with Gasteiger partial charge in [-0.05, 0) is 12.1 Å². The SMILES string of the molecule is CC1CN(C(=N)NO)N=C1c1ccccc1O. The van der Waals surface area contributed by atoms with E-state index in [1.54, 1.807) is 23.7 Å². The number of hydrogen-bond donors (Lipinski definition) is 4. The minimum Gasteiger partial charge on any atom is -0.507 e. The van der Waals surface area contributed by atoms with E-state index in [1.807, 2.05) is 13.0 Å². The van der Waals surface area contributed by atoms with Crippen molar-refractivity contribution in [3.8, 4) is 5.75 Å². The molecular weight excluding hydrogens is 220 g/mol. The third kappa shape index (κ3) is 2.07. The molecule has 1 aliphatic rings. The van der Waals surface area contributed by atoms with Crippen LogP contribution in [0, 0.1) is 11.3 Å². The lowest BCUT2D eigenvalue weighted by Gasteiger charge is -2.12. The predicted molar refractivity (Wildman–Crippen MR) is 63.2 cm³/mol. The molecule has 2 rings (SSSR count). The summed E-state index contributed by atoms with van der Waals surface area (Å²) >= 11 is 0. The van der Waals surface area contributed by atoms with E-state index in [0.717, 1.165) is 0 Å². The van der Waals surface area contributed by atoms with Crippen molar-refractivity contribution in [2.45, 2.75) is 6.92 Å². The quantitative estimate of drug-likeness (QED) is 0.331. The number of benzene rings is 1. The van der Waals surface area contributed by atoms with Crippen molar-refractivity contribution < 1.29 is 10.3 Å². The molecule has 0 saturated carbocycles. The van der Waals surface area contributed by atoms with Crippen LogP contribution in [-0.4, -0.2) is 33.5 Å². The zero-order valence-corrected chi connectivity index (χ0v) is 9.38. The number of hydroxylamine groups is 1. The first kappa shape index (κ1) is 11.4. The molecule has 1 aromatic rings. The number of nitrogens with zero attached hydrogens (tertiary/aromatic N) is 2. The van der Waals surface area contributed by atoms with Crippen LogP contribution in [0.2, 0.25) is 0 Å². The average Bonchev–Trinajstić information content (AvgIpc) is 2.71. The highest BCUT2D eigenvalue weighted by Gasteiger charge is 2.27. The normalized spacial score (nSPS) is 19.1. The molecule has 1 aliphatic heterocycles. The van der Waals surface area contributed by atoms with E-state index in [4.69, 9.17) is 10.6 Å². The summed E-state index contributed by atoms with van der Waals surface area (Å²) in [4.78, 5) is 0. The Bertz CT molecular complexity index is 472. The summed E-state index contributed by atoms with van der Waals surface area (Å²) in [6, 6.07) is 6.95. The summed E-state index contributed by atoms with van der Waals surface area (Å²) in [5, 5.41) is 31.4. The molecule has 6 heteroatoms. The lowest BCUT2D eigenvalue weighted by atomic mass is 9.99. The summed E-state index contributed by atoms with van der Waals surface area (Å²) in [7, 11) is 0. The Morgan fingerprint density at radius 2 is 2.24 bits per heavy atom. The number of hydrazone groups is 1. The van der Waals surface area contributed by atoms with E-state index in [1.165, 1.54) is 5.01 Å². The summed E-state index contributed by atoms with van der Waals surface area (Å²) in [6.45, 7) is 2.45. The van der Waals surface area contributed by atoms with Crippen molar-refractivity contribution in [1.29, 1.82) is 5.41 Å². The van der Waals surface area contributed by atoms with Crippen LogP contribution in [0.4, 0.5) is 0 Å². The summed E-state index contributed by atoms with van der Waals surface area (Å²) in [5.74, 6) is 0.0720. The van der Waals surface area contributed by atoms with E-state index in [2.05, 4.69) is 5.10 Å². The number of phenols is 1. The first-order chi connectivity index (χ1) is 8.13. The topological polar surface area (TPSA) is 91.9 Å². The Hall–Kier alpha value is -2.08. The molecule has 1 unspecified atom stereocenters. The maximum Gasteiger partial charge on any atom is 0.236 e. The van der Waals surface area contributed by atoms with Crippen molar-refractivity contribution in [2.24, 2.45) is 11.0 Å². The van der Waals surface area contributed by atoms with Gasteiger partial charge < -0.3 is 5.11 Å². The fraction of sp³-hybridized carbons (Fsp3) is 0.273. The number of para-hydroxylation sites is 1. The maximum atomic E-state index is 9.75. The van der Waals surface area contributed by atoms with Gasteiger partial charge in [-0.2, -0.15) is 5.10 Å². The lowest BCUT2D eigenvalue weighted by Crippen LogP contribution is -2.34. The fourth-order valence-electron chi connectivity index (χ4n) is 1.82. The largest absolute Gasteiger partial charge is 0.507 e. The molecule has 0 amide bonds. The molecule has 1 aromatic carbocycles. The highest BCUT2D eigenvalue weighted by molar-refractivity contribution is 6.06. The third-order valence-electron chi connectivity index (χ3n) is 2.69. The fourth-order valence-corrected chi connectivity index (χ4v) is 1.82. The van der Waals surface area contributed by atoms with E-state index < -0.39 is 0 Å². The van der Waals surface area contributed by atoms with Crippen molar-refractivity contribution in [2.75, 3.05) is 6.54 Å². The van der Waals surface area contributed by atoms with Crippen LogP contribution in [0.15, 0.2) is 29.4 Å². The summed E-state index contributed by atoms with van der Waals surface area (Å²) < 4.78 is 0. The molecule has 1 atom stereocenters. The molecular formula is C11H14N4O2. The molecule has 0 saturated heterocycles. The molecule has 4 N–H and O–H groups in total. The minimum absolute atomic E-state index is 0.0806. The highest BCUT2D eigenvalue weighted by atomic mass is 16.5. The van der Waals surface area contributed by atoms with Gasteiger partial charge in [0.25, 0.3) is 0 Å². The number of nitrogens with one attached hydrogen (secondary N) is 2. The monoisotopic (exact) mass is 234 g/mol. The lowest BCUT2D eigenvalue weighted by molar-refractivity contribution is 0.210. The molecule has 17 heavy (non-hydrogen) atoms. The van der Waals surface area contributed by atoms with E-state index in [0.29, 0.717) is 17.8 Å². The standard InChI is InChI=1S/C11H14N4O2/c1-7-6-15(11(12)14-17)13-10(7)8-4-2-3-5-9(8)16/h2-5,7,16-17H,6H2,1H3,(H2,12,14). The zero-order chi connectivity index (χ0) is 12.4. The van der Waals surface area contributed by atoms with E-state index in [9.17, 15) is 5.11 Å². The van der Waals surface area contributed by atoms with Gasteiger partial charge in [-0.1, -0.05) is 19.1 Å². The smallest absolute Gasteiger partial charge is 0.236 e. The molecule has 1 heterocycles. The number of rotatable bonds is 1. The number of aromatic hydroxyl groups is 1. The highest BCUT2D eigenvalue weighted by Crippen LogP contribution is 2.25. The van der Waals surface area contributed by atoms with Gasteiger partial charge in [0.2, 0.25) is 5.96 Å². The van der Waals surface area contributed by atoms with Gasteiger partial charge in [0, 0.05) is 11.5 Å². The second-order valence-corrected chi connectivity index (χ2v) is 3.95. The van der Waals surface area contributed by atoms with Crippen LogP contribution in [0.5, 0.6) is 5.75 Å². The van der Waals surface area contributed by atoms with Gasteiger partial charge in [-0.3, -0.25) is 10.6 Å². The Labute approximate surface area is 98.7 Å². The van der Waals surface area contributed by atoms with Crippen molar-refractivity contribution in [3.63, 3.8) is 0 Å². The van der Waals surface area contributed by atoms with Crippen LogP contribution < -0.4 is 5.48 Å². The van der Waals surface area contributed by atoms with E-state index in [-0.39, 0.29) is 17.6 Å². The first-order valence-corrected chi connectivity index (χ1v) is 5.26. The van der Waals surface area contributed by atoms with Crippen molar-refractivity contribution in [1.82, 2.24) is 10.5 Å². The van der Waals surface area contributed by atoms with Gasteiger partial charge in [0.15, 0.2) is 0 Å². The molecule has 0 radical (unpaired) electrons. The zero-order valence-electron chi connectivity index (χ0n) is 9.38. The summed E-state index contributed by atoms with van der Waals surface area (Å²) in [5.41, 5.74) is 3.13. The average molecular weight is 234 g/mol. The Kier molecular flexibility index (Phi) is 2.97. The minimum atomic E-state index is -0.178. The van der Waals surface area contributed by atoms with Gasteiger partial charge in [-0.15, -0.1) is 0 Å². The van der Waals surface area contributed by atoms with Gasteiger partial charge in [-0.25, -0.2) is 10.5 Å². The van der Waals surface area contributed by atoms with Crippen LogP contribution in [0.3, 0.4) is 0 Å². The van der Waals surface area contributed by atoms with Crippen LogP contribution in [0.1, 0.15) is 12.5 Å². The molecule has 0 fully saturated rings. The number of guanidine groups is 1. The maximum absolute atomic E-state index is 9.75. The van der Waals surface area contributed by atoms with Crippen LogP contribution >= 0.6 is 0 Å². The number of hydrogen-bond acceptors (Lipinski definition) is 4. The van der Waals surface area contributed by atoms with Crippen molar-refractivity contribution in [3.05, 3.63) is 29.8 Å². The van der Waals surface area contributed by atoms with Gasteiger partial charge in [0.05, 0.1) is 12.3 Å². The summed E-state index contributed by atoms with van der Waals surface area (Å²) in [6.07, 6.45) is 0. The Morgan fingerprint density at radius 1 is 1.53 bits per heavy atom. The van der Waals surface area contributed by atoms with Crippen LogP contribution in [-0.2, 0) is 0 Å². The first-order valence-electron chi connectivity index (χ1n) is 5.26. The molecule has 90 valence electrons. The van der Waals surface area contributed by atoms with Gasteiger partial charge >= 0.3 is 0 Å². The number of phenolic OH excluding ortho intramolecular Hbond substituents is 1. The predicted octanol–water partition coefficient (Wildman–Crippen LogP) is 0.962. The molecule has 6 nitrogen and oxygen atoms in total. The second kappa shape index (κ2) is 4.42. The van der Waals surface area contributed by atoms with Crippen molar-refractivity contribution >= 4 is 11.7 Å². The molecule has 0 aliphatic carbocycles. The van der Waals surface area contributed by atoms with Crippen LogP contribution in [0.25, 0.3) is 0 Å². The third-order valence-corrected chi connectivity index (χ3v) is 2.69.